The van der Waals surface area contributed by atoms with Crippen LogP contribution in [0.3, 0.4) is 0 Å². The average Bonchev–Trinajstić information content (AvgIpc) is 2.80. The molecular weight excluding hydrogens is 673 g/mol. The molecule has 38 heavy (non-hydrogen) atoms. The van der Waals surface area contributed by atoms with Crippen LogP contribution in [0, 0.1) is 22.0 Å². The Balaban J connectivity index is -0.000000153. The molecular formula is C27H44N3O7Pt-. The molecule has 2 unspecified atom stereocenters. The second kappa shape index (κ2) is 26.0. The Bertz CT molecular complexity index is 792. The summed E-state index contributed by atoms with van der Waals surface area (Å²) in [5.74, 6) is -1.12. The number of hydrogen-bond acceptors (Lipinski definition) is 6. The summed E-state index contributed by atoms with van der Waals surface area (Å²) in [5.41, 5.74) is 4.28. The van der Waals surface area contributed by atoms with Crippen molar-refractivity contribution in [1.29, 1.82) is 0 Å². The van der Waals surface area contributed by atoms with Gasteiger partial charge in [-0.1, -0.05) is 76.2 Å². The monoisotopic (exact) mass is 717 g/mol. The molecule has 2 aromatic rings. The van der Waals surface area contributed by atoms with Gasteiger partial charge in [0.05, 0.1) is 11.8 Å². The number of rotatable bonds is 8. The van der Waals surface area contributed by atoms with Gasteiger partial charge in [0.15, 0.2) is 0 Å². The molecule has 2 rings (SSSR count). The van der Waals surface area contributed by atoms with Crippen LogP contribution in [0.4, 0.5) is 0 Å². The van der Waals surface area contributed by atoms with Gasteiger partial charge in [-0.2, -0.15) is 0 Å². The molecule has 0 fully saturated rings. The third-order valence-electron chi connectivity index (χ3n) is 4.99. The number of hydrogen-bond donors (Lipinski definition) is 3. The van der Waals surface area contributed by atoms with Gasteiger partial charge < -0.3 is 37.7 Å². The molecule has 0 amide bonds. The van der Waals surface area contributed by atoms with Crippen LogP contribution in [-0.2, 0) is 43.5 Å². The zero-order valence-corrected chi connectivity index (χ0v) is 25.5. The zero-order valence-electron chi connectivity index (χ0n) is 23.2. The maximum atomic E-state index is 10.8. The fraction of sp³-hybridized carbons (Fsp3) is 0.481. The second-order valence-corrected chi connectivity index (χ2v) is 8.87. The smallest absolute Gasteiger partial charge is 0.693 e. The summed E-state index contributed by atoms with van der Waals surface area (Å²) in [4.78, 5) is 29.5. The number of carboxylic acid groups (broad SMARTS) is 2. The standard InChI is InChI=1S/2C13H18O2.CH4O.HNO2.2H2N.Pt/c2*1-9(2)8-11-4-6-12(7-5-11)10(3)13(14)15;1-2;2-1-3;;;/h2*4-7,9-10H,8H2,1-3H3,(H,14,15);2H,1H3;(H,2,3);2*1H2;/q;;;;2*-1;+2/p-1. The van der Waals surface area contributed by atoms with Crippen molar-refractivity contribution in [2.45, 2.75) is 66.2 Å². The first-order valence-corrected chi connectivity index (χ1v) is 11.5. The largest absolute Gasteiger partial charge is 2.00 e. The topological polar surface area (TPSA) is 214 Å². The first kappa shape index (κ1) is 45.3. The number of carbonyl (C=O) groups is 2. The Hall–Kier alpha value is -2.65. The fourth-order valence-corrected chi connectivity index (χ4v) is 3.11. The minimum Gasteiger partial charge on any atom is -0.693 e. The molecule has 220 valence electrons. The van der Waals surface area contributed by atoms with Crippen LogP contribution in [-0.4, -0.2) is 34.4 Å². The molecule has 0 aliphatic carbocycles. The molecule has 0 spiro atoms. The number of carboxylic acids is 2. The van der Waals surface area contributed by atoms with E-state index in [1.165, 1.54) is 11.1 Å². The van der Waals surface area contributed by atoms with Gasteiger partial charge in [-0.05, 0) is 60.8 Å². The fourth-order valence-electron chi connectivity index (χ4n) is 3.11. The van der Waals surface area contributed by atoms with Crippen molar-refractivity contribution in [2.24, 2.45) is 17.2 Å². The SMILES string of the molecule is CC(C)Cc1ccc(C(C)C(=O)O)cc1.CC(C)Cc1ccc(C(C)C(=O)O)cc1.CO.O=N[O-].[NH2-].[NH2-].[Pt+2]. The average molecular weight is 718 g/mol. The molecule has 0 aromatic heterocycles. The molecule has 0 aliphatic heterocycles. The van der Waals surface area contributed by atoms with E-state index in [4.69, 9.17) is 25.4 Å². The zero-order chi connectivity index (χ0) is 27.6. The van der Waals surface area contributed by atoms with Crippen LogP contribution in [0.2, 0.25) is 0 Å². The molecule has 0 saturated heterocycles. The predicted octanol–water partition coefficient (Wildman–Crippen LogP) is 7.44. The van der Waals surface area contributed by atoms with Crippen LogP contribution >= 0.6 is 0 Å². The van der Waals surface area contributed by atoms with Gasteiger partial charge in [0.25, 0.3) is 0 Å². The Labute approximate surface area is 241 Å². The summed E-state index contributed by atoms with van der Waals surface area (Å²) in [7, 11) is 1.00. The third kappa shape index (κ3) is 20.4. The van der Waals surface area contributed by atoms with Crippen LogP contribution in [0.15, 0.2) is 53.9 Å². The maximum absolute atomic E-state index is 10.8. The van der Waals surface area contributed by atoms with E-state index < -0.39 is 23.8 Å². The van der Waals surface area contributed by atoms with Crippen molar-refractivity contribution in [3.8, 4) is 0 Å². The summed E-state index contributed by atoms with van der Waals surface area (Å²) in [6.07, 6.45) is 2.09. The van der Waals surface area contributed by atoms with E-state index in [0.717, 1.165) is 36.4 Å². The molecule has 2 atom stereocenters. The van der Waals surface area contributed by atoms with E-state index in [1.807, 2.05) is 48.5 Å². The number of aliphatic carboxylic acids is 2. The van der Waals surface area contributed by atoms with Gasteiger partial charge in [-0.15, -0.1) is 5.34 Å². The molecule has 2 aromatic carbocycles. The minimum atomic E-state index is -0.772. The number of aliphatic hydroxyl groups is 1. The molecule has 0 bridgehead atoms. The normalized spacial score (nSPS) is 10.6. The van der Waals surface area contributed by atoms with E-state index in [2.05, 4.69) is 27.7 Å². The van der Waals surface area contributed by atoms with E-state index >= 15 is 0 Å². The Morgan fingerprint density at radius 3 is 1.05 bits per heavy atom. The molecule has 7 N–H and O–H groups in total. The van der Waals surface area contributed by atoms with Crippen molar-refractivity contribution < 1.29 is 46.0 Å². The molecule has 10 nitrogen and oxygen atoms in total. The van der Waals surface area contributed by atoms with Crippen LogP contribution in [0.5, 0.6) is 0 Å². The number of nitrogens with zero attached hydrogens (tertiary/aromatic N) is 1. The summed E-state index contributed by atoms with van der Waals surface area (Å²) in [6.45, 7) is 12.1. The van der Waals surface area contributed by atoms with E-state index in [-0.39, 0.29) is 33.4 Å². The Kier molecular flexibility index (Phi) is 31.0. The van der Waals surface area contributed by atoms with Crippen LogP contribution in [0.1, 0.15) is 75.6 Å². The van der Waals surface area contributed by atoms with Crippen LogP contribution in [0.25, 0.3) is 12.3 Å². The van der Waals surface area contributed by atoms with Gasteiger partial charge in [-0.3, -0.25) is 9.59 Å². The molecule has 0 saturated carbocycles. The van der Waals surface area contributed by atoms with Crippen molar-refractivity contribution in [3.05, 3.63) is 93.2 Å². The van der Waals surface area contributed by atoms with E-state index in [9.17, 15) is 9.59 Å². The third-order valence-corrected chi connectivity index (χ3v) is 4.99. The van der Waals surface area contributed by atoms with Gasteiger partial charge in [-0.25, -0.2) is 0 Å². The number of nitrogens with two attached hydrogens (primary N) is 2. The van der Waals surface area contributed by atoms with Crippen molar-refractivity contribution in [2.75, 3.05) is 7.11 Å². The Morgan fingerprint density at radius 2 is 0.895 bits per heavy atom. The van der Waals surface area contributed by atoms with Crippen molar-refractivity contribution in [1.82, 2.24) is 0 Å². The molecule has 0 aliphatic rings. The Morgan fingerprint density at radius 1 is 0.684 bits per heavy atom. The van der Waals surface area contributed by atoms with Crippen LogP contribution < -0.4 is 0 Å². The van der Waals surface area contributed by atoms with Crippen molar-refractivity contribution >= 4 is 11.9 Å². The van der Waals surface area contributed by atoms with Gasteiger partial charge in [0.1, 0.15) is 0 Å². The molecule has 0 radical (unpaired) electrons. The first-order chi connectivity index (χ1) is 16.4. The summed E-state index contributed by atoms with van der Waals surface area (Å²) < 4.78 is 0. The maximum Gasteiger partial charge on any atom is 2.00 e. The summed E-state index contributed by atoms with van der Waals surface area (Å²) in [6, 6.07) is 15.7. The van der Waals surface area contributed by atoms with E-state index in [1.54, 1.807) is 13.8 Å². The quantitative estimate of drug-likeness (QED) is 0.185. The number of benzene rings is 2. The molecule has 0 heterocycles. The molecule has 11 heteroatoms. The number of aliphatic hydroxyl groups excluding tert-OH is 1. The predicted molar refractivity (Wildman–Crippen MR) is 150 cm³/mol. The first-order valence-electron chi connectivity index (χ1n) is 11.5. The summed E-state index contributed by atoms with van der Waals surface area (Å²) in [5, 5.41) is 33.7. The second-order valence-electron chi connectivity index (χ2n) is 8.87. The van der Waals surface area contributed by atoms with E-state index in [0.29, 0.717) is 11.8 Å². The van der Waals surface area contributed by atoms with Gasteiger partial charge in [0, 0.05) is 7.11 Å². The minimum absolute atomic E-state index is 0. The van der Waals surface area contributed by atoms with Gasteiger partial charge >= 0.3 is 33.0 Å². The van der Waals surface area contributed by atoms with Crippen molar-refractivity contribution in [3.63, 3.8) is 0 Å². The van der Waals surface area contributed by atoms with Gasteiger partial charge in [0.2, 0.25) is 0 Å². The summed E-state index contributed by atoms with van der Waals surface area (Å²) >= 11 is 0.